The molecule has 17 heavy (non-hydrogen) atoms. The predicted molar refractivity (Wildman–Crippen MR) is 67.3 cm³/mol. The zero-order valence-corrected chi connectivity index (χ0v) is 10.8. The number of amides is 1. The maximum Gasteiger partial charge on any atom is 0.407 e. The molecule has 1 aliphatic carbocycles. The molecule has 2 fully saturated rings. The van der Waals surface area contributed by atoms with E-state index in [2.05, 4.69) is 11.8 Å². The summed E-state index contributed by atoms with van der Waals surface area (Å²) in [6.45, 7) is 5.35. The van der Waals surface area contributed by atoms with Crippen molar-refractivity contribution >= 4 is 6.09 Å². The molecule has 0 bridgehead atoms. The molecule has 1 N–H and O–H groups in total. The summed E-state index contributed by atoms with van der Waals surface area (Å²) < 4.78 is 0. The Labute approximate surface area is 104 Å². The average molecular weight is 240 g/mol. The molecule has 1 saturated heterocycles. The maximum atomic E-state index is 11.3. The fourth-order valence-electron chi connectivity index (χ4n) is 2.90. The molecule has 4 heteroatoms. The first-order valence-electron chi connectivity index (χ1n) is 6.96. The molecule has 2 aliphatic rings. The van der Waals surface area contributed by atoms with Gasteiger partial charge in [0.1, 0.15) is 0 Å². The number of hydrogen-bond acceptors (Lipinski definition) is 2. The topological polar surface area (TPSA) is 43.8 Å². The Morgan fingerprint density at radius 1 is 1.35 bits per heavy atom. The van der Waals surface area contributed by atoms with Gasteiger partial charge in [-0.1, -0.05) is 13.3 Å². The fourth-order valence-corrected chi connectivity index (χ4v) is 2.90. The number of likely N-dealkylation sites (tertiary alicyclic amines) is 1. The van der Waals surface area contributed by atoms with Crippen LogP contribution in [0.2, 0.25) is 0 Å². The average Bonchev–Trinajstić information content (AvgIpc) is 2.67. The van der Waals surface area contributed by atoms with Gasteiger partial charge in [0.15, 0.2) is 0 Å². The van der Waals surface area contributed by atoms with Gasteiger partial charge in [-0.2, -0.15) is 0 Å². The monoisotopic (exact) mass is 240 g/mol. The summed E-state index contributed by atoms with van der Waals surface area (Å²) in [5.74, 6) is 0. The fraction of sp³-hybridized carbons (Fsp3) is 0.923. The smallest absolute Gasteiger partial charge is 0.407 e. The summed E-state index contributed by atoms with van der Waals surface area (Å²) in [5, 5.41) is 9.34. The molecule has 2 rings (SSSR count). The lowest BCUT2D eigenvalue weighted by Gasteiger charge is -2.39. The first kappa shape index (κ1) is 12.7. The van der Waals surface area contributed by atoms with Gasteiger partial charge in [0.05, 0.1) is 0 Å². The summed E-state index contributed by atoms with van der Waals surface area (Å²) in [6, 6.07) is 0.554. The molecule has 4 nitrogen and oxygen atoms in total. The van der Waals surface area contributed by atoms with E-state index in [-0.39, 0.29) is 6.04 Å². The van der Waals surface area contributed by atoms with Crippen LogP contribution in [0.4, 0.5) is 4.79 Å². The van der Waals surface area contributed by atoms with Crippen molar-refractivity contribution in [2.75, 3.05) is 19.6 Å². The van der Waals surface area contributed by atoms with Crippen LogP contribution in [0.5, 0.6) is 0 Å². The van der Waals surface area contributed by atoms with E-state index < -0.39 is 6.09 Å². The molecule has 0 aromatic carbocycles. The molecule has 1 atom stereocenters. The second-order valence-corrected chi connectivity index (χ2v) is 5.37. The second kappa shape index (κ2) is 5.71. The van der Waals surface area contributed by atoms with E-state index >= 15 is 0 Å². The van der Waals surface area contributed by atoms with Crippen LogP contribution in [0.25, 0.3) is 0 Å². The van der Waals surface area contributed by atoms with Crippen LogP contribution in [-0.2, 0) is 0 Å². The van der Waals surface area contributed by atoms with Gasteiger partial charge >= 0.3 is 6.09 Å². The van der Waals surface area contributed by atoms with Crippen LogP contribution in [-0.4, -0.2) is 52.7 Å². The lowest BCUT2D eigenvalue weighted by Crippen LogP contribution is -2.50. The molecule has 1 heterocycles. The van der Waals surface area contributed by atoms with Crippen molar-refractivity contribution in [2.24, 2.45) is 0 Å². The van der Waals surface area contributed by atoms with Crippen molar-refractivity contribution in [2.45, 2.75) is 57.5 Å². The van der Waals surface area contributed by atoms with Crippen molar-refractivity contribution in [3.8, 4) is 0 Å². The molecule has 98 valence electrons. The lowest BCUT2D eigenvalue weighted by molar-refractivity contribution is 0.0708. The third kappa shape index (κ3) is 2.92. The minimum Gasteiger partial charge on any atom is -0.465 e. The highest BCUT2D eigenvalue weighted by atomic mass is 16.4. The van der Waals surface area contributed by atoms with Gasteiger partial charge in [-0.05, 0) is 38.6 Å². The highest BCUT2D eigenvalue weighted by molar-refractivity contribution is 5.66. The van der Waals surface area contributed by atoms with E-state index in [4.69, 9.17) is 0 Å². The predicted octanol–water partition coefficient (Wildman–Crippen LogP) is 2.39. The highest BCUT2D eigenvalue weighted by Crippen LogP contribution is 2.29. The minimum atomic E-state index is -0.711. The number of unbranched alkanes of at least 4 members (excludes halogenated alkanes) is 1. The van der Waals surface area contributed by atoms with Crippen LogP contribution in [0, 0.1) is 0 Å². The van der Waals surface area contributed by atoms with Crippen LogP contribution in [0.3, 0.4) is 0 Å². The highest BCUT2D eigenvalue weighted by Gasteiger charge is 2.37. The van der Waals surface area contributed by atoms with Crippen LogP contribution in [0.15, 0.2) is 0 Å². The summed E-state index contributed by atoms with van der Waals surface area (Å²) in [6.07, 6.45) is 6.08. The van der Waals surface area contributed by atoms with Crippen LogP contribution >= 0.6 is 0 Å². The SMILES string of the molecule is CCCCN1CCC(N(C(=O)O)C2CCC2)C1. The van der Waals surface area contributed by atoms with Crippen molar-refractivity contribution in [1.29, 1.82) is 0 Å². The Kier molecular flexibility index (Phi) is 4.26. The number of carboxylic acid groups (broad SMARTS) is 1. The largest absolute Gasteiger partial charge is 0.465 e. The number of carbonyl (C=O) groups is 1. The third-order valence-electron chi connectivity index (χ3n) is 4.16. The molecule has 1 amide bonds. The Morgan fingerprint density at radius 3 is 2.65 bits per heavy atom. The standard InChI is InChI=1S/C13H24N2O2/c1-2-3-8-14-9-7-12(10-14)15(13(16)17)11-5-4-6-11/h11-12H,2-10H2,1H3,(H,16,17). The lowest BCUT2D eigenvalue weighted by atomic mass is 9.90. The van der Waals surface area contributed by atoms with E-state index in [1.54, 1.807) is 4.90 Å². The third-order valence-corrected chi connectivity index (χ3v) is 4.16. The zero-order valence-electron chi connectivity index (χ0n) is 10.8. The van der Waals surface area contributed by atoms with Crippen molar-refractivity contribution in [1.82, 2.24) is 9.80 Å². The molecule has 0 spiro atoms. The van der Waals surface area contributed by atoms with E-state index in [9.17, 15) is 9.90 Å². The quantitative estimate of drug-likeness (QED) is 0.802. The summed E-state index contributed by atoms with van der Waals surface area (Å²) in [4.78, 5) is 15.5. The molecule has 1 unspecified atom stereocenters. The first-order chi connectivity index (χ1) is 8.22. The number of rotatable bonds is 5. The van der Waals surface area contributed by atoms with Crippen molar-refractivity contribution < 1.29 is 9.90 Å². The van der Waals surface area contributed by atoms with Gasteiger partial charge in [0, 0.05) is 25.2 Å². The van der Waals surface area contributed by atoms with Gasteiger partial charge in [-0.25, -0.2) is 4.79 Å². The summed E-state index contributed by atoms with van der Waals surface area (Å²) in [7, 11) is 0. The van der Waals surface area contributed by atoms with E-state index in [0.29, 0.717) is 6.04 Å². The molecule has 1 saturated carbocycles. The van der Waals surface area contributed by atoms with Gasteiger partial charge in [0.25, 0.3) is 0 Å². The van der Waals surface area contributed by atoms with Crippen LogP contribution < -0.4 is 0 Å². The summed E-state index contributed by atoms with van der Waals surface area (Å²) in [5.41, 5.74) is 0. The van der Waals surface area contributed by atoms with E-state index in [1.807, 2.05) is 0 Å². The Morgan fingerprint density at radius 2 is 2.12 bits per heavy atom. The van der Waals surface area contributed by atoms with Gasteiger partial charge < -0.3 is 14.9 Å². The zero-order chi connectivity index (χ0) is 12.3. The summed E-state index contributed by atoms with van der Waals surface area (Å²) >= 11 is 0. The van der Waals surface area contributed by atoms with E-state index in [0.717, 1.165) is 38.9 Å². The van der Waals surface area contributed by atoms with Crippen LogP contribution in [0.1, 0.15) is 45.4 Å². The molecule has 0 radical (unpaired) electrons. The minimum absolute atomic E-state index is 0.245. The molecule has 1 aliphatic heterocycles. The van der Waals surface area contributed by atoms with Crippen molar-refractivity contribution in [3.63, 3.8) is 0 Å². The molecular weight excluding hydrogens is 216 g/mol. The first-order valence-corrected chi connectivity index (χ1v) is 6.96. The number of nitrogens with zero attached hydrogens (tertiary/aromatic N) is 2. The van der Waals surface area contributed by atoms with Gasteiger partial charge in [-0.3, -0.25) is 0 Å². The maximum absolute atomic E-state index is 11.3. The molecular formula is C13H24N2O2. The van der Waals surface area contributed by atoms with Gasteiger partial charge in [-0.15, -0.1) is 0 Å². The van der Waals surface area contributed by atoms with E-state index in [1.165, 1.54) is 19.3 Å². The van der Waals surface area contributed by atoms with Gasteiger partial charge in [0.2, 0.25) is 0 Å². The molecule has 0 aromatic heterocycles. The number of hydrogen-bond donors (Lipinski definition) is 1. The molecule has 0 aromatic rings. The Hall–Kier alpha value is -0.770. The Balaban J connectivity index is 1.86. The second-order valence-electron chi connectivity index (χ2n) is 5.37. The Bertz CT molecular complexity index is 266. The van der Waals surface area contributed by atoms with Crippen molar-refractivity contribution in [3.05, 3.63) is 0 Å². The normalized spacial score (nSPS) is 25.8.